The Morgan fingerprint density at radius 2 is 2.03 bits per heavy atom. The van der Waals surface area contributed by atoms with E-state index >= 15 is 0 Å². The molecule has 4 fully saturated rings. The number of halogens is 2. The molecule has 1 saturated carbocycles. The van der Waals surface area contributed by atoms with Crippen LogP contribution in [0.5, 0.6) is 5.75 Å². The molecule has 0 aromatic carbocycles. The van der Waals surface area contributed by atoms with E-state index in [9.17, 15) is 8.78 Å². The van der Waals surface area contributed by atoms with Gasteiger partial charge >= 0.3 is 6.61 Å². The lowest BCUT2D eigenvalue weighted by molar-refractivity contribution is -0.0494. The zero-order chi connectivity index (χ0) is 20.8. The monoisotopic (exact) mass is 417 g/mol. The van der Waals surface area contributed by atoms with Gasteiger partial charge in [-0.2, -0.15) is 8.78 Å². The van der Waals surface area contributed by atoms with Gasteiger partial charge in [0.25, 0.3) is 0 Å². The molecule has 1 unspecified atom stereocenters. The number of ether oxygens (including phenoxy) is 2. The van der Waals surface area contributed by atoms with E-state index in [2.05, 4.69) is 21.5 Å². The van der Waals surface area contributed by atoms with Crippen LogP contribution in [-0.2, 0) is 4.74 Å². The molecule has 0 radical (unpaired) electrons. The van der Waals surface area contributed by atoms with E-state index in [4.69, 9.17) is 20.4 Å². The average Bonchev–Trinajstić information content (AvgIpc) is 3.60. The van der Waals surface area contributed by atoms with Crippen LogP contribution in [0.15, 0.2) is 18.3 Å². The Morgan fingerprint density at radius 1 is 1.20 bits per heavy atom. The van der Waals surface area contributed by atoms with Gasteiger partial charge in [-0.05, 0) is 37.7 Å². The third-order valence-electron chi connectivity index (χ3n) is 6.34. The smallest absolute Gasteiger partial charge is 0.387 e. The molecule has 2 aromatic rings. The summed E-state index contributed by atoms with van der Waals surface area (Å²) >= 11 is 0. The highest BCUT2D eigenvalue weighted by atomic mass is 19.3. The Balaban J connectivity index is 1.55. The summed E-state index contributed by atoms with van der Waals surface area (Å²) in [6, 6.07) is 3.67. The summed E-state index contributed by atoms with van der Waals surface area (Å²) in [5.41, 5.74) is 6.92. The van der Waals surface area contributed by atoms with Gasteiger partial charge in [0.05, 0.1) is 24.4 Å². The van der Waals surface area contributed by atoms with Gasteiger partial charge in [-0.3, -0.25) is 0 Å². The summed E-state index contributed by atoms with van der Waals surface area (Å²) in [5, 5.41) is 0. The molecule has 4 aliphatic rings. The highest BCUT2D eigenvalue weighted by Gasteiger charge is 2.37. The SMILES string of the molecule is CC(c1nc(-c2cnc(N)c(OC(F)F)c2)cc(N2C[C@@H]3CC[C@H]2CO3)n1)C1CC1. The van der Waals surface area contributed by atoms with Gasteiger partial charge < -0.3 is 20.1 Å². The molecule has 0 spiro atoms. The number of anilines is 2. The van der Waals surface area contributed by atoms with Gasteiger partial charge in [0.2, 0.25) is 0 Å². The van der Waals surface area contributed by atoms with E-state index in [1.54, 1.807) is 0 Å². The topological polar surface area (TPSA) is 86.4 Å². The van der Waals surface area contributed by atoms with E-state index in [-0.39, 0.29) is 23.6 Å². The number of nitrogens with two attached hydrogens (primary N) is 1. The molecule has 5 heterocycles. The van der Waals surface area contributed by atoms with Crippen molar-refractivity contribution in [3.05, 3.63) is 24.2 Å². The Bertz CT molecular complexity index is 932. The molecule has 2 bridgehead atoms. The van der Waals surface area contributed by atoms with Crippen LogP contribution in [0.2, 0.25) is 0 Å². The summed E-state index contributed by atoms with van der Waals surface area (Å²) in [6.45, 7) is 0.684. The van der Waals surface area contributed by atoms with Crippen molar-refractivity contribution in [3.63, 3.8) is 0 Å². The van der Waals surface area contributed by atoms with E-state index in [0.717, 1.165) is 31.0 Å². The fraction of sp³-hybridized carbons (Fsp3) is 0.571. The summed E-state index contributed by atoms with van der Waals surface area (Å²) in [7, 11) is 0. The predicted octanol–water partition coefficient (Wildman–Crippen LogP) is 3.60. The Labute approximate surface area is 173 Å². The second-order valence-electron chi connectivity index (χ2n) is 8.42. The zero-order valence-corrected chi connectivity index (χ0v) is 16.8. The number of hydrogen-bond acceptors (Lipinski definition) is 7. The Kier molecular flexibility index (Phi) is 4.92. The first-order valence-electron chi connectivity index (χ1n) is 10.5. The van der Waals surface area contributed by atoms with Gasteiger partial charge in [0, 0.05) is 30.3 Å². The molecule has 160 valence electrons. The van der Waals surface area contributed by atoms with Crippen LogP contribution >= 0.6 is 0 Å². The molecule has 6 rings (SSSR count). The lowest BCUT2D eigenvalue weighted by Crippen LogP contribution is -2.55. The van der Waals surface area contributed by atoms with E-state index in [1.165, 1.54) is 25.1 Å². The number of nitrogens with zero attached hydrogens (tertiary/aromatic N) is 4. The summed E-state index contributed by atoms with van der Waals surface area (Å²) in [5.74, 6) is 2.24. The van der Waals surface area contributed by atoms with Crippen molar-refractivity contribution in [2.45, 2.75) is 57.3 Å². The molecule has 1 aliphatic carbocycles. The van der Waals surface area contributed by atoms with Crippen molar-refractivity contribution < 1.29 is 18.3 Å². The van der Waals surface area contributed by atoms with Crippen LogP contribution in [-0.4, -0.2) is 46.9 Å². The zero-order valence-electron chi connectivity index (χ0n) is 16.8. The molecule has 3 aliphatic heterocycles. The molecule has 7 nitrogen and oxygen atoms in total. The molecule has 9 heteroatoms. The van der Waals surface area contributed by atoms with Gasteiger partial charge in [0.15, 0.2) is 11.6 Å². The highest BCUT2D eigenvalue weighted by Crippen LogP contribution is 2.42. The van der Waals surface area contributed by atoms with Crippen molar-refractivity contribution >= 4 is 11.6 Å². The van der Waals surface area contributed by atoms with Gasteiger partial charge in [-0.15, -0.1) is 0 Å². The predicted molar refractivity (Wildman–Crippen MR) is 108 cm³/mol. The number of hydrogen-bond donors (Lipinski definition) is 1. The molecule has 3 saturated heterocycles. The number of piperidine rings is 1. The first-order valence-corrected chi connectivity index (χ1v) is 10.5. The standard InChI is InChI=1S/C21H25F2N5O2/c1-11(12-2-3-12)20-26-16(13-6-17(30-21(22)23)19(24)25-8-13)7-18(27-20)28-9-15-5-4-14(28)10-29-15/h6-8,11-12,14-15,21H,2-5,9-10H2,1H3,(H2,24,25)/t11?,14-,15-/m0/s1. The minimum Gasteiger partial charge on any atom is -0.431 e. The first kappa shape index (κ1) is 19.4. The van der Waals surface area contributed by atoms with Gasteiger partial charge in [-0.25, -0.2) is 15.0 Å². The molecule has 2 N–H and O–H groups in total. The van der Waals surface area contributed by atoms with Gasteiger partial charge in [-0.1, -0.05) is 6.92 Å². The molecule has 2 aromatic heterocycles. The van der Waals surface area contributed by atoms with E-state index < -0.39 is 6.61 Å². The number of aromatic nitrogens is 3. The number of pyridine rings is 1. The minimum absolute atomic E-state index is 0.0783. The number of morpholine rings is 1. The highest BCUT2D eigenvalue weighted by molar-refractivity contribution is 5.67. The van der Waals surface area contributed by atoms with Crippen molar-refractivity contribution in [3.8, 4) is 17.0 Å². The maximum absolute atomic E-state index is 12.7. The molecular formula is C21H25F2N5O2. The summed E-state index contributed by atoms with van der Waals surface area (Å²) in [4.78, 5) is 16.0. The average molecular weight is 417 g/mol. The van der Waals surface area contributed by atoms with Crippen molar-refractivity contribution in [2.75, 3.05) is 23.8 Å². The lowest BCUT2D eigenvalue weighted by Gasteiger charge is -2.45. The largest absolute Gasteiger partial charge is 0.431 e. The maximum atomic E-state index is 12.7. The van der Waals surface area contributed by atoms with E-state index in [1.807, 2.05) is 6.07 Å². The van der Waals surface area contributed by atoms with Crippen molar-refractivity contribution in [2.24, 2.45) is 5.92 Å². The molecule has 3 atom stereocenters. The third-order valence-corrected chi connectivity index (χ3v) is 6.34. The third kappa shape index (κ3) is 3.78. The number of rotatable bonds is 6. The Hall–Kier alpha value is -2.55. The van der Waals surface area contributed by atoms with Crippen LogP contribution in [0, 0.1) is 5.92 Å². The van der Waals surface area contributed by atoms with Crippen LogP contribution in [0.4, 0.5) is 20.4 Å². The second-order valence-corrected chi connectivity index (χ2v) is 8.42. The lowest BCUT2D eigenvalue weighted by atomic mass is 9.97. The Morgan fingerprint density at radius 3 is 2.67 bits per heavy atom. The van der Waals surface area contributed by atoms with Gasteiger partial charge in [0.1, 0.15) is 11.6 Å². The quantitative estimate of drug-likeness (QED) is 0.768. The van der Waals surface area contributed by atoms with Crippen LogP contribution < -0.4 is 15.4 Å². The number of fused-ring (bicyclic) bond motifs is 3. The minimum atomic E-state index is -2.97. The summed E-state index contributed by atoms with van der Waals surface area (Å²) in [6.07, 6.45) is 6.27. The van der Waals surface area contributed by atoms with Crippen LogP contribution in [0.25, 0.3) is 11.3 Å². The first-order chi connectivity index (χ1) is 14.5. The number of nitrogen functional groups attached to an aromatic ring is 1. The molecule has 30 heavy (non-hydrogen) atoms. The van der Waals surface area contributed by atoms with Crippen molar-refractivity contribution in [1.82, 2.24) is 15.0 Å². The molecular weight excluding hydrogens is 392 g/mol. The number of alkyl halides is 2. The fourth-order valence-electron chi connectivity index (χ4n) is 4.37. The second kappa shape index (κ2) is 7.61. The normalized spacial score (nSPS) is 24.3. The van der Waals surface area contributed by atoms with Crippen LogP contribution in [0.1, 0.15) is 44.3 Å². The maximum Gasteiger partial charge on any atom is 0.387 e. The molecule has 0 amide bonds. The summed E-state index contributed by atoms with van der Waals surface area (Å²) < 4.78 is 35.9. The van der Waals surface area contributed by atoms with E-state index in [0.29, 0.717) is 29.8 Å². The van der Waals surface area contributed by atoms with Crippen molar-refractivity contribution in [1.29, 1.82) is 0 Å². The fourth-order valence-corrected chi connectivity index (χ4v) is 4.37. The van der Waals surface area contributed by atoms with Crippen LogP contribution in [0.3, 0.4) is 0 Å².